The van der Waals surface area contributed by atoms with Gasteiger partial charge in [0.2, 0.25) is 0 Å². The minimum absolute atomic E-state index is 0.108. The summed E-state index contributed by atoms with van der Waals surface area (Å²) in [5, 5.41) is 3.12. The van der Waals surface area contributed by atoms with Crippen LogP contribution < -0.4 is 20.7 Å². The van der Waals surface area contributed by atoms with Crippen LogP contribution >= 0.6 is 0 Å². The normalized spacial score (nSPS) is 15.1. The zero-order valence-electron chi connectivity index (χ0n) is 20.0. The molecule has 2 aromatic rings. The molecule has 0 aliphatic carbocycles. The highest BCUT2D eigenvalue weighted by atomic mass is 16.5. The van der Waals surface area contributed by atoms with Gasteiger partial charge in [-0.3, -0.25) is 9.79 Å². The van der Waals surface area contributed by atoms with Crippen LogP contribution in [0.4, 0.5) is 5.69 Å². The van der Waals surface area contributed by atoms with Gasteiger partial charge in [0.15, 0.2) is 0 Å². The van der Waals surface area contributed by atoms with Crippen LogP contribution in [0.5, 0.6) is 5.75 Å². The summed E-state index contributed by atoms with van der Waals surface area (Å²) in [4.78, 5) is 21.5. The highest BCUT2D eigenvalue weighted by Crippen LogP contribution is 2.29. The number of hydrogen-bond donors (Lipinski definition) is 2. The van der Waals surface area contributed by atoms with E-state index in [1.807, 2.05) is 56.6 Å². The summed E-state index contributed by atoms with van der Waals surface area (Å²) in [6.45, 7) is 5.73. The molecule has 3 rings (SSSR count). The van der Waals surface area contributed by atoms with E-state index in [0.29, 0.717) is 11.3 Å². The van der Waals surface area contributed by atoms with E-state index >= 15 is 0 Å². The Morgan fingerprint density at radius 3 is 2.61 bits per heavy atom. The maximum Gasteiger partial charge on any atom is 0.252 e. The number of carbonyl (C=O) groups excluding carboxylic acids is 1. The summed E-state index contributed by atoms with van der Waals surface area (Å²) in [7, 11) is 5.36. The summed E-state index contributed by atoms with van der Waals surface area (Å²) >= 11 is 0. The Kier molecular flexibility index (Phi) is 7.77. The number of anilines is 1. The molecule has 1 aliphatic heterocycles. The summed E-state index contributed by atoms with van der Waals surface area (Å²) in [5.74, 6) is 0.564. The maximum atomic E-state index is 13.2. The predicted octanol–water partition coefficient (Wildman–Crippen LogP) is 3.72. The van der Waals surface area contributed by atoms with Gasteiger partial charge in [-0.2, -0.15) is 0 Å². The summed E-state index contributed by atoms with van der Waals surface area (Å²) in [6.07, 6.45) is 7.27. The van der Waals surface area contributed by atoms with Crippen molar-refractivity contribution in [3.63, 3.8) is 0 Å². The number of likely N-dealkylation sites (N-methyl/N-ethyl adjacent to an activating group) is 1. The Balaban J connectivity index is 1.80. The highest BCUT2D eigenvalue weighted by Gasteiger charge is 2.18. The lowest BCUT2D eigenvalue weighted by atomic mass is 10.00. The van der Waals surface area contributed by atoms with Crippen molar-refractivity contribution in [3.8, 4) is 5.75 Å². The van der Waals surface area contributed by atoms with E-state index in [4.69, 9.17) is 10.5 Å². The Morgan fingerprint density at radius 2 is 1.97 bits per heavy atom. The van der Waals surface area contributed by atoms with Crippen LogP contribution in [0, 0.1) is 6.92 Å². The molecule has 7 heteroatoms. The van der Waals surface area contributed by atoms with Gasteiger partial charge in [0.1, 0.15) is 5.75 Å². The lowest BCUT2D eigenvalue weighted by Gasteiger charge is -2.29. The van der Waals surface area contributed by atoms with Crippen LogP contribution in [0.15, 0.2) is 60.0 Å². The number of ether oxygens (including phenoxy) is 1. The van der Waals surface area contributed by atoms with E-state index in [2.05, 4.69) is 33.2 Å². The maximum absolute atomic E-state index is 13.2. The van der Waals surface area contributed by atoms with Crippen LogP contribution in [-0.2, 0) is 0 Å². The molecule has 33 heavy (non-hydrogen) atoms. The summed E-state index contributed by atoms with van der Waals surface area (Å²) in [5.41, 5.74) is 10.9. The third-order valence-electron chi connectivity index (χ3n) is 5.82. The van der Waals surface area contributed by atoms with Crippen molar-refractivity contribution >= 4 is 23.4 Å². The molecule has 0 saturated carbocycles. The Hall–Kier alpha value is -3.74. The molecule has 0 saturated heterocycles. The number of aliphatic imine (C=N–C) groups is 1. The first kappa shape index (κ1) is 23.9. The second-order valence-electron chi connectivity index (χ2n) is 8.14. The zero-order valence-corrected chi connectivity index (χ0v) is 20.0. The zero-order chi connectivity index (χ0) is 24.0. The van der Waals surface area contributed by atoms with Crippen molar-refractivity contribution in [1.82, 2.24) is 10.2 Å². The third-order valence-corrected chi connectivity index (χ3v) is 5.82. The van der Waals surface area contributed by atoms with Crippen LogP contribution in [0.25, 0.3) is 5.57 Å². The second-order valence-corrected chi connectivity index (χ2v) is 8.14. The lowest BCUT2D eigenvalue weighted by molar-refractivity contribution is 0.0939. The first-order chi connectivity index (χ1) is 15.9. The van der Waals surface area contributed by atoms with Crippen molar-refractivity contribution in [2.45, 2.75) is 19.9 Å². The van der Waals surface area contributed by atoms with E-state index in [-0.39, 0.29) is 11.9 Å². The van der Waals surface area contributed by atoms with E-state index < -0.39 is 0 Å². The topological polar surface area (TPSA) is 83.2 Å². The standard InChI is InChI=1S/C26H33N5O2/c1-18-6-8-22(31-12-10-30(4)11-13-31)15-24(18)26(32)29-19(2)20-7-9-23(25(14-20)33-5)21(16-27)17-28-3/h6-10,12,14-17,19H,11,13,27H2,1-5H3,(H,29,32)/b21-16+,28-17?/t19-/m1/s1. The van der Waals surface area contributed by atoms with Crippen LogP contribution in [0.3, 0.4) is 0 Å². The second kappa shape index (κ2) is 10.7. The number of aryl methyl sites for hydroxylation is 1. The van der Waals surface area contributed by atoms with Gasteiger partial charge in [-0.25, -0.2) is 0 Å². The van der Waals surface area contributed by atoms with E-state index in [1.165, 1.54) is 6.20 Å². The first-order valence-corrected chi connectivity index (χ1v) is 11.0. The molecule has 174 valence electrons. The molecule has 0 unspecified atom stereocenters. The number of nitrogens with one attached hydrogen (secondary N) is 1. The highest BCUT2D eigenvalue weighted by molar-refractivity contribution is 6.10. The van der Waals surface area contributed by atoms with Crippen LogP contribution in [-0.4, -0.2) is 51.3 Å². The van der Waals surface area contributed by atoms with Gasteiger partial charge < -0.3 is 25.6 Å². The quantitative estimate of drug-likeness (QED) is 0.632. The molecule has 7 nitrogen and oxygen atoms in total. The van der Waals surface area contributed by atoms with Gasteiger partial charge in [-0.1, -0.05) is 18.2 Å². The number of allylic oxidation sites excluding steroid dienone is 1. The van der Waals surface area contributed by atoms with Crippen molar-refractivity contribution < 1.29 is 9.53 Å². The fourth-order valence-corrected chi connectivity index (χ4v) is 3.77. The molecule has 0 radical (unpaired) electrons. The Labute approximate surface area is 196 Å². The van der Waals surface area contributed by atoms with Gasteiger partial charge >= 0.3 is 0 Å². The van der Waals surface area contributed by atoms with Crippen LogP contribution in [0.1, 0.15) is 40.0 Å². The van der Waals surface area contributed by atoms with Crippen molar-refractivity contribution in [2.75, 3.05) is 39.2 Å². The molecular weight excluding hydrogens is 414 g/mol. The molecule has 3 N–H and O–H groups in total. The minimum Gasteiger partial charge on any atom is -0.496 e. The number of carbonyl (C=O) groups is 1. The minimum atomic E-state index is -0.211. The van der Waals surface area contributed by atoms with Gasteiger partial charge in [-0.15, -0.1) is 0 Å². The molecule has 2 aromatic carbocycles. The van der Waals surface area contributed by atoms with Gasteiger partial charge in [0, 0.05) is 74.4 Å². The Bertz CT molecular complexity index is 1090. The monoisotopic (exact) mass is 447 g/mol. The largest absolute Gasteiger partial charge is 0.496 e. The van der Waals surface area contributed by atoms with Crippen molar-refractivity contribution in [3.05, 3.63) is 77.3 Å². The smallest absolute Gasteiger partial charge is 0.252 e. The third kappa shape index (κ3) is 5.55. The van der Waals surface area contributed by atoms with E-state index in [1.54, 1.807) is 20.4 Å². The van der Waals surface area contributed by atoms with Gasteiger partial charge in [0.25, 0.3) is 5.91 Å². The fraction of sp³-hybridized carbons (Fsp3) is 0.308. The predicted molar refractivity (Wildman–Crippen MR) is 136 cm³/mol. The average Bonchev–Trinajstić information content (AvgIpc) is 2.83. The Morgan fingerprint density at radius 1 is 1.18 bits per heavy atom. The molecule has 1 heterocycles. The molecular formula is C26H33N5O2. The van der Waals surface area contributed by atoms with Gasteiger partial charge in [-0.05, 0) is 43.2 Å². The number of hydrogen-bond acceptors (Lipinski definition) is 6. The fourth-order valence-electron chi connectivity index (χ4n) is 3.77. The number of nitrogens with zero attached hydrogens (tertiary/aromatic N) is 3. The molecule has 0 bridgehead atoms. The molecule has 1 atom stereocenters. The van der Waals surface area contributed by atoms with Crippen molar-refractivity contribution in [1.29, 1.82) is 0 Å². The number of nitrogens with two attached hydrogens (primary N) is 1. The number of rotatable bonds is 7. The average molecular weight is 448 g/mol. The lowest BCUT2D eigenvalue weighted by Crippen LogP contribution is -2.32. The SMILES string of the molecule is CN=C/C(=C\N)c1ccc([C@@H](C)NC(=O)c2cc(N3C=CN(C)CC3)ccc2C)cc1OC. The molecule has 1 aliphatic rings. The van der Waals surface area contributed by atoms with E-state index in [9.17, 15) is 4.79 Å². The molecule has 0 fully saturated rings. The van der Waals surface area contributed by atoms with E-state index in [0.717, 1.165) is 41.0 Å². The first-order valence-electron chi connectivity index (χ1n) is 11.0. The number of methoxy groups -OCH3 is 1. The summed E-state index contributed by atoms with van der Waals surface area (Å²) in [6, 6.07) is 11.6. The van der Waals surface area contributed by atoms with Crippen molar-refractivity contribution in [2.24, 2.45) is 10.7 Å². The molecule has 1 amide bonds. The molecule has 0 spiro atoms. The molecule has 0 aromatic heterocycles. The summed E-state index contributed by atoms with van der Waals surface area (Å²) < 4.78 is 5.58. The number of benzene rings is 2. The van der Waals surface area contributed by atoms with Gasteiger partial charge in [0.05, 0.1) is 13.2 Å². The van der Waals surface area contributed by atoms with Crippen LogP contribution in [0.2, 0.25) is 0 Å². The number of amides is 1.